The molecule has 19 heteroatoms. The largest absolute Gasteiger partial charge is 0.472 e. The summed E-state index contributed by atoms with van der Waals surface area (Å²) in [5, 5.41) is 10.6. The van der Waals surface area contributed by atoms with E-state index in [0.717, 1.165) is 114 Å². The summed E-state index contributed by atoms with van der Waals surface area (Å²) in [5.74, 6) is 0.238. The number of aliphatic hydroxyl groups excluding tert-OH is 1. The van der Waals surface area contributed by atoms with Gasteiger partial charge in [-0.05, 0) is 43.4 Å². The van der Waals surface area contributed by atoms with E-state index in [-0.39, 0.29) is 25.7 Å². The van der Waals surface area contributed by atoms with E-state index in [2.05, 4.69) is 48.5 Å². The molecular formula is C71H138O17P2. The molecule has 0 spiro atoms. The summed E-state index contributed by atoms with van der Waals surface area (Å²) in [5.41, 5.74) is 0. The van der Waals surface area contributed by atoms with E-state index < -0.39 is 97.5 Å². The maximum absolute atomic E-state index is 13.0. The van der Waals surface area contributed by atoms with Gasteiger partial charge in [-0.15, -0.1) is 0 Å². The van der Waals surface area contributed by atoms with Gasteiger partial charge in [0.05, 0.1) is 26.4 Å². The lowest BCUT2D eigenvalue weighted by Gasteiger charge is -2.21. The minimum Gasteiger partial charge on any atom is -0.462 e. The molecule has 0 aliphatic rings. The molecule has 0 saturated carbocycles. The highest BCUT2D eigenvalue weighted by Gasteiger charge is 2.30. The van der Waals surface area contributed by atoms with Crippen LogP contribution in [0.15, 0.2) is 0 Å². The van der Waals surface area contributed by atoms with E-state index in [4.69, 9.17) is 37.0 Å². The van der Waals surface area contributed by atoms with Crippen molar-refractivity contribution >= 4 is 39.5 Å². The molecule has 0 saturated heterocycles. The van der Waals surface area contributed by atoms with Gasteiger partial charge >= 0.3 is 39.5 Å². The van der Waals surface area contributed by atoms with Gasteiger partial charge in [0.1, 0.15) is 19.3 Å². The predicted octanol–water partition coefficient (Wildman–Crippen LogP) is 20.2. The third kappa shape index (κ3) is 62.2. The topological polar surface area (TPSA) is 237 Å². The molecule has 0 aromatic carbocycles. The maximum atomic E-state index is 13.0. The van der Waals surface area contributed by atoms with Crippen molar-refractivity contribution in [1.29, 1.82) is 0 Å². The van der Waals surface area contributed by atoms with Gasteiger partial charge < -0.3 is 33.8 Å². The molecule has 17 nitrogen and oxygen atoms in total. The highest BCUT2D eigenvalue weighted by Crippen LogP contribution is 2.45. The number of phosphoric acid groups is 2. The first-order valence-corrected chi connectivity index (χ1v) is 39.9. The third-order valence-electron chi connectivity index (χ3n) is 17.1. The summed E-state index contributed by atoms with van der Waals surface area (Å²) in [6, 6.07) is 0. The highest BCUT2D eigenvalue weighted by atomic mass is 31.2. The Morgan fingerprint density at radius 3 is 0.844 bits per heavy atom. The van der Waals surface area contributed by atoms with E-state index >= 15 is 0 Å². The average molecular weight is 1330 g/mol. The van der Waals surface area contributed by atoms with Crippen molar-refractivity contribution in [2.45, 2.75) is 375 Å². The Morgan fingerprint density at radius 1 is 0.322 bits per heavy atom. The Hall–Kier alpha value is -1.94. The number of hydrogen-bond donors (Lipinski definition) is 3. The molecule has 0 aliphatic heterocycles. The Kier molecular flexibility index (Phi) is 60.6. The lowest BCUT2D eigenvalue weighted by atomic mass is 9.99. The Labute approximate surface area is 549 Å². The van der Waals surface area contributed by atoms with Crippen LogP contribution in [-0.2, 0) is 65.4 Å². The van der Waals surface area contributed by atoms with Crippen LogP contribution in [-0.4, -0.2) is 96.7 Å². The second-order valence-electron chi connectivity index (χ2n) is 26.6. The zero-order chi connectivity index (χ0) is 66.6. The van der Waals surface area contributed by atoms with Crippen molar-refractivity contribution in [2.24, 2.45) is 17.8 Å². The van der Waals surface area contributed by atoms with Crippen molar-refractivity contribution < 1.29 is 80.2 Å². The average Bonchev–Trinajstić information content (AvgIpc) is 3.67. The Bertz CT molecular complexity index is 1770. The summed E-state index contributed by atoms with van der Waals surface area (Å²) in [6.45, 7) is 11.9. The number of ether oxygens (including phenoxy) is 4. The normalized spacial score (nSPS) is 14.8. The van der Waals surface area contributed by atoms with Crippen molar-refractivity contribution in [3.63, 3.8) is 0 Å². The van der Waals surface area contributed by atoms with Crippen molar-refractivity contribution in [2.75, 3.05) is 39.6 Å². The summed E-state index contributed by atoms with van der Waals surface area (Å²) in [7, 11) is -9.90. The molecule has 0 aromatic rings. The van der Waals surface area contributed by atoms with Crippen LogP contribution in [0.4, 0.5) is 0 Å². The molecule has 90 heavy (non-hydrogen) atoms. The molecule has 0 aromatic heterocycles. The molecule has 0 aliphatic carbocycles. The minimum absolute atomic E-state index is 0.105. The number of unbranched alkanes of at least 4 members (excludes halogenated alkanes) is 35. The summed E-state index contributed by atoms with van der Waals surface area (Å²) in [4.78, 5) is 72.5. The predicted molar refractivity (Wildman–Crippen MR) is 363 cm³/mol. The van der Waals surface area contributed by atoms with Gasteiger partial charge in [0.2, 0.25) is 0 Å². The lowest BCUT2D eigenvalue weighted by molar-refractivity contribution is -0.161. The molecular weight excluding hydrogens is 1190 g/mol. The van der Waals surface area contributed by atoms with Crippen LogP contribution in [0.25, 0.3) is 0 Å². The van der Waals surface area contributed by atoms with Crippen LogP contribution in [0.2, 0.25) is 0 Å². The van der Waals surface area contributed by atoms with Crippen LogP contribution in [0.5, 0.6) is 0 Å². The van der Waals surface area contributed by atoms with E-state index in [9.17, 15) is 43.2 Å². The van der Waals surface area contributed by atoms with Crippen molar-refractivity contribution in [1.82, 2.24) is 0 Å². The molecule has 4 unspecified atom stereocenters. The van der Waals surface area contributed by atoms with Gasteiger partial charge in [0.15, 0.2) is 12.2 Å². The molecule has 0 bridgehead atoms. The Morgan fingerprint density at radius 2 is 0.567 bits per heavy atom. The van der Waals surface area contributed by atoms with E-state index in [1.165, 1.54) is 161 Å². The highest BCUT2D eigenvalue weighted by molar-refractivity contribution is 7.47. The fraction of sp³-hybridized carbons (Fsp3) is 0.944. The van der Waals surface area contributed by atoms with E-state index in [1.807, 2.05) is 0 Å². The lowest BCUT2D eigenvalue weighted by Crippen LogP contribution is -2.30. The van der Waals surface area contributed by atoms with Crippen molar-refractivity contribution in [3.8, 4) is 0 Å². The maximum Gasteiger partial charge on any atom is 0.472 e. The van der Waals surface area contributed by atoms with Crippen LogP contribution in [0.1, 0.15) is 357 Å². The van der Waals surface area contributed by atoms with Crippen molar-refractivity contribution in [3.05, 3.63) is 0 Å². The minimum atomic E-state index is -4.95. The molecule has 0 fully saturated rings. The molecule has 0 heterocycles. The van der Waals surface area contributed by atoms with Crippen LogP contribution in [0.3, 0.4) is 0 Å². The fourth-order valence-electron chi connectivity index (χ4n) is 10.7. The van der Waals surface area contributed by atoms with Gasteiger partial charge in [0.25, 0.3) is 0 Å². The molecule has 0 amide bonds. The number of carbonyl (C=O) groups excluding carboxylic acids is 4. The number of carbonyl (C=O) groups is 4. The zero-order valence-corrected chi connectivity index (χ0v) is 60.4. The third-order valence-corrected chi connectivity index (χ3v) is 19.0. The second kappa shape index (κ2) is 61.9. The Balaban J connectivity index is 5.24. The number of phosphoric ester groups is 2. The van der Waals surface area contributed by atoms with Gasteiger partial charge in [0, 0.05) is 25.7 Å². The van der Waals surface area contributed by atoms with Gasteiger partial charge in [-0.1, -0.05) is 305 Å². The molecule has 0 radical (unpaired) electrons. The van der Waals surface area contributed by atoms with Gasteiger partial charge in [-0.3, -0.25) is 37.3 Å². The first-order valence-electron chi connectivity index (χ1n) is 36.9. The van der Waals surface area contributed by atoms with Gasteiger partial charge in [-0.25, -0.2) is 9.13 Å². The van der Waals surface area contributed by atoms with E-state index in [1.54, 1.807) is 0 Å². The molecule has 0 rings (SSSR count). The first kappa shape index (κ1) is 88.1. The number of rotatable bonds is 69. The van der Waals surface area contributed by atoms with Crippen LogP contribution >= 0.6 is 15.6 Å². The number of esters is 4. The van der Waals surface area contributed by atoms with Crippen LogP contribution < -0.4 is 0 Å². The first-order chi connectivity index (χ1) is 43.3. The monoisotopic (exact) mass is 1320 g/mol. The van der Waals surface area contributed by atoms with Crippen LogP contribution in [0, 0.1) is 17.8 Å². The number of aliphatic hydroxyl groups is 1. The standard InChI is InChI=1S/C71H138O17P2/c1-8-11-12-13-14-31-38-45-52-68(73)81-58-66(88-71(76)55-48-41-34-27-26-30-37-44-51-64(7)10-3)60-85-89(77,78)83-56-65(72)57-84-90(79,80)86-61-67(59-82-69(74)53-46-39-32-24-21-20-23-29-36-43-50-63(6)9-2)87-70(75)54-47-40-33-25-19-17-15-16-18-22-28-35-42-49-62(4)5/h62-67,72H,8-61H2,1-7H3,(H,77,78)(H,79,80)/t63?,64?,65-,66+,67+/m0/s1. The summed E-state index contributed by atoms with van der Waals surface area (Å²) >= 11 is 0. The SMILES string of the molecule is CCCCCCCCCCC(=O)OC[C@H](COP(=O)(O)OC[C@H](O)COP(=O)(O)OC[C@@H](COC(=O)CCCCCCCCCCCCC(C)CC)OC(=O)CCCCCCCCCCCCCCCC(C)C)OC(=O)CCCCCCCCCCC(C)CC. The second-order valence-corrected chi connectivity index (χ2v) is 29.5. The number of hydrogen-bond acceptors (Lipinski definition) is 15. The zero-order valence-electron chi connectivity index (χ0n) is 58.6. The quantitative estimate of drug-likeness (QED) is 0.0222. The smallest absolute Gasteiger partial charge is 0.462 e. The summed E-state index contributed by atoms with van der Waals surface area (Å²) in [6.07, 6.45) is 45.7. The molecule has 534 valence electrons. The van der Waals surface area contributed by atoms with Gasteiger partial charge in [-0.2, -0.15) is 0 Å². The van der Waals surface area contributed by atoms with E-state index in [0.29, 0.717) is 25.7 Å². The fourth-order valence-corrected chi connectivity index (χ4v) is 12.2. The molecule has 7 atom stereocenters. The summed E-state index contributed by atoms with van der Waals surface area (Å²) < 4.78 is 68.3. The molecule has 3 N–H and O–H groups in total.